The first-order chi connectivity index (χ1) is 12.8. The summed E-state index contributed by atoms with van der Waals surface area (Å²) in [6.45, 7) is 6.22. The van der Waals surface area contributed by atoms with Crippen molar-refractivity contribution < 1.29 is 14.3 Å². The van der Waals surface area contributed by atoms with Gasteiger partial charge in [-0.2, -0.15) is 0 Å². The van der Waals surface area contributed by atoms with Crippen LogP contribution in [0, 0.1) is 12.8 Å². The van der Waals surface area contributed by atoms with Crippen LogP contribution in [-0.2, 0) is 11.3 Å². The first kappa shape index (κ1) is 20.5. The monoisotopic (exact) mass is 368 g/mol. The van der Waals surface area contributed by atoms with Gasteiger partial charge < -0.3 is 15.0 Å². The molecule has 0 saturated heterocycles. The molecular formula is C22H28N2O3. The second-order valence-corrected chi connectivity index (χ2v) is 7.05. The van der Waals surface area contributed by atoms with Gasteiger partial charge in [0.1, 0.15) is 11.8 Å². The Kier molecular flexibility index (Phi) is 6.99. The first-order valence-electron chi connectivity index (χ1n) is 9.08. The average molecular weight is 368 g/mol. The second kappa shape index (κ2) is 9.21. The molecule has 0 heterocycles. The van der Waals surface area contributed by atoms with E-state index in [4.69, 9.17) is 4.74 Å². The number of hydrogen-bond acceptors (Lipinski definition) is 3. The Hall–Kier alpha value is -2.82. The van der Waals surface area contributed by atoms with Crippen molar-refractivity contribution in [2.24, 2.45) is 5.92 Å². The maximum Gasteiger partial charge on any atom is 0.252 e. The summed E-state index contributed by atoms with van der Waals surface area (Å²) in [4.78, 5) is 27.2. The molecule has 0 spiro atoms. The van der Waals surface area contributed by atoms with E-state index in [9.17, 15) is 9.59 Å². The summed E-state index contributed by atoms with van der Waals surface area (Å²) in [6.07, 6.45) is 0. The molecule has 0 aliphatic carbocycles. The van der Waals surface area contributed by atoms with Crippen molar-refractivity contribution in [3.63, 3.8) is 0 Å². The molecule has 1 N–H and O–H groups in total. The summed E-state index contributed by atoms with van der Waals surface area (Å²) < 4.78 is 5.16. The number of ether oxygens (including phenoxy) is 1. The number of amides is 2. The van der Waals surface area contributed by atoms with Crippen molar-refractivity contribution in [2.75, 3.05) is 14.2 Å². The van der Waals surface area contributed by atoms with E-state index < -0.39 is 6.04 Å². The van der Waals surface area contributed by atoms with E-state index in [1.165, 1.54) is 0 Å². The second-order valence-electron chi connectivity index (χ2n) is 7.05. The van der Waals surface area contributed by atoms with Gasteiger partial charge in [0.2, 0.25) is 5.91 Å². The van der Waals surface area contributed by atoms with Crippen LogP contribution in [0.25, 0.3) is 0 Å². The third-order valence-corrected chi connectivity index (χ3v) is 4.56. The molecule has 2 rings (SSSR count). The van der Waals surface area contributed by atoms with E-state index in [0.717, 1.165) is 16.9 Å². The van der Waals surface area contributed by atoms with Crippen molar-refractivity contribution in [2.45, 2.75) is 33.4 Å². The first-order valence-corrected chi connectivity index (χ1v) is 9.08. The van der Waals surface area contributed by atoms with Crippen molar-refractivity contribution in [1.82, 2.24) is 10.2 Å². The SMILES string of the molecule is COc1ccc(CN(C)C(=O)C(NC(=O)c2ccccc2C)C(C)C)cc1. The fraction of sp³-hybridized carbons (Fsp3) is 0.364. The Labute approximate surface area is 161 Å². The molecule has 0 bridgehead atoms. The van der Waals surface area contributed by atoms with Gasteiger partial charge in [-0.15, -0.1) is 0 Å². The van der Waals surface area contributed by atoms with E-state index in [-0.39, 0.29) is 17.7 Å². The lowest BCUT2D eigenvalue weighted by Gasteiger charge is -2.27. The van der Waals surface area contributed by atoms with Crippen molar-refractivity contribution in [3.8, 4) is 5.75 Å². The van der Waals surface area contributed by atoms with Gasteiger partial charge in [-0.3, -0.25) is 9.59 Å². The number of carbonyl (C=O) groups excluding carboxylic acids is 2. The maximum atomic E-state index is 13.0. The summed E-state index contributed by atoms with van der Waals surface area (Å²) in [7, 11) is 3.37. The minimum absolute atomic E-state index is 0.0243. The van der Waals surface area contributed by atoms with E-state index in [1.807, 2.05) is 63.2 Å². The van der Waals surface area contributed by atoms with Gasteiger partial charge in [-0.1, -0.05) is 44.2 Å². The molecule has 2 aromatic rings. The highest BCUT2D eigenvalue weighted by Crippen LogP contribution is 2.15. The minimum Gasteiger partial charge on any atom is -0.497 e. The average Bonchev–Trinajstić information content (AvgIpc) is 2.66. The number of carbonyl (C=O) groups is 2. The molecule has 0 aromatic heterocycles. The Balaban J connectivity index is 2.09. The number of likely N-dealkylation sites (N-methyl/N-ethyl adjacent to an activating group) is 1. The predicted octanol–water partition coefficient (Wildman–Crippen LogP) is 3.42. The molecular weight excluding hydrogens is 340 g/mol. The molecule has 0 radical (unpaired) electrons. The van der Waals surface area contributed by atoms with Crippen LogP contribution in [0.2, 0.25) is 0 Å². The zero-order valence-corrected chi connectivity index (χ0v) is 16.7. The maximum absolute atomic E-state index is 13.0. The van der Waals surface area contributed by atoms with Crippen molar-refractivity contribution in [1.29, 1.82) is 0 Å². The lowest BCUT2D eigenvalue weighted by atomic mass is 10.0. The van der Waals surface area contributed by atoms with Crippen molar-refractivity contribution in [3.05, 3.63) is 65.2 Å². The van der Waals surface area contributed by atoms with Gasteiger partial charge in [0.15, 0.2) is 0 Å². The molecule has 1 atom stereocenters. The van der Waals surface area contributed by atoms with Crippen LogP contribution in [0.4, 0.5) is 0 Å². The van der Waals surface area contributed by atoms with E-state index in [2.05, 4.69) is 5.32 Å². The highest BCUT2D eigenvalue weighted by molar-refractivity contribution is 5.98. The van der Waals surface area contributed by atoms with Gasteiger partial charge in [0.05, 0.1) is 7.11 Å². The molecule has 5 heteroatoms. The van der Waals surface area contributed by atoms with Crippen LogP contribution >= 0.6 is 0 Å². The lowest BCUT2D eigenvalue weighted by Crippen LogP contribution is -2.50. The highest BCUT2D eigenvalue weighted by atomic mass is 16.5. The van der Waals surface area contributed by atoms with E-state index >= 15 is 0 Å². The quantitative estimate of drug-likeness (QED) is 0.815. The number of nitrogens with one attached hydrogen (secondary N) is 1. The summed E-state index contributed by atoms with van der Waals surface area (Å²) >= 11 is 0. The molecule has 27 heavy (non-hydrogen) atoms. The van der Waals surface area contributed by atoms with Gasteiger partial charge in [-0.25, -0.2) is 0 Å². The molecule has 2 amide bonds. The zero-order valence-electron chi connectivity index (χ0n) is 16.7. The number of rotatable bonds is 7. The van der Waals surface area contributed by atoms with E-state index in [0.29, 0.717) is 12.1 Å². The smallest absolute Gasteiger partial charge is 0.252 e. The lowest BCUT2D eigenvalue weighted by molar-refractivity contribution is -0.133. The number of hydrogen-bond donors (Lipinski definition) is 1. The summed E-state index contributed by atoms with van der Waals surface area (Å²) in [6, 6.07) is 14.4. The number of aryl methyl sites for hydroxylation is 1. The number of benzene rings is 2. The molecule has 0 saturated carbocycles. The largest absolute Gasteiger partial charge is 0.497 e. The van der Waals surface area contributed by atoms with Crippen LogP contribution < -0.4 is 10.1 Å². The minimum atomic E-state index is -0.583. The zero-order chi connectivity index (χ0) is 20.0. The Bertz CT molecular complexity index is 784. The van der Waals surface area contributed by atoms with Gasteiger partial charge in [0, 0.05) is 19.2 Å². The normalized spacial score (nSPS) is 11.8. The van der Waals surface area contributed by atoms with Crippen LogP contribution in [0.3, 0.4) is 0 Å². The van der Waals surface area contributed by atoms with E-state index in [1.54, 1.807) is 25.1 Å². The molecule has 1 unspecified atom stereocenters. The Morgan fingerprint density at radius 2 is 1.70 bits per heavy atom. The number of methoxy groups -OCH3 is 1. The van der Waals surface area contributed by atoms with Crippen LogP contribution in [0.15, 0.2) is 48.5 Å². The molecule has 5 nitrogen and oxygen atoms in total. The third-order valence-electron chi connectivity index (χ3n) is 4.56. The molecule has 2 aromatic carbocycles. The summed E-state index contributed by atoms with van der Waals surface area (Å²) in [5.74, 6) is 0.419. The van der Waals surface area contributed by atoms with Gasteiger partial charge in [-0.05, 0) is 42.2 Å². The fourth-order valence-electron chi connectivity index (χ4n) is 2.88. The number of nitrogens with zero attached hydrogens (tertiary/aromatic N) is 1. The van der Waals surface area contributed by atoms with Gasteiger partial charge >= 0.3 is 0 Å². The Morgan fingerprint density at radius 3 is 2.26 bits per heavy atom. The van der Waals surface area contributed by atoms with Gasteiger partial charge in [0.25, 0.3) is 5.91 Å². The molecule has 144 valence electrons. The molecule has 0 aliphatic rings. The summed E-state index contributed by atoms with van der Waals surface area (Å²) in [5.41, 5.74) is 2.48. The standard InChI is InChI=1S/C22H28N2O3/c1-15(2)20(23-21(25)19-9-7-6-8-16(19)3)22(26)24(4)14-17-10-12-18(27-5)13-11-17/h6-13,15,20H,14H2,1-5H3,(H,23,25). The molecule has 0 aliphatic heterocycles. The van der Waals surface area contributed by atoms with Crippen LogP contribution in [0.5, 0.6) is 5.75 Å². The highest BCUT2D eigenvalue weighted by Gasteiger charge is 2.27. The summed E-state index contributed by atoms with van der Waals surface area (Å²) in [5, 5.41) is 2.91. The predicted molar refractivity (Wildman–Crippen MR) is 107 cm³/mol. The third kappa shape index (κ3) is 5.33. The van der Waals surface area contributed by atoms with Crippen LogP contribution in [-0.4, -0.2) is 36.9 Å². The topological polar surface area (TPSA) is 58.6 Å². The van der Waals surface area contributed by atoms with Crippen LogP contribution in [0.1, 0.15) is 35.3 Å². The molecule has 0 fully saturated rings. The van der Waals surface area contributed by atoms with Crippen molar-refractivity contribution >= 4 is 11.8 Å². The fourth-order valence-corrected chi connectivity index (χ4v) is 2.88. The Morgan fingerprint density at radius 1 is 1.07 bits per heavy atom.